The lowest BCUT2D eigenvalue weighted by Crippen LogP contribution is -2.45. The van der Waals surface area contributed by atoms with Gasteiger partial charge in [-0.2, -0.15) is 0 Å². The summed E-state index contributed by atoms with van der Waals surface area (Å²) in [5.74, 6) is 0.607. The maximum atomic E-state index is 10.8. The molecule has 1 aliphatic heterocycles. The number of nitrogens with two attached hydrogens (primary N) is 1. The zero-order valence-corrected chi connectivity index (χ0v) is 6.97. The predicted molar refractivity (Wildman–Crippen MR) is 44.3 cm³/mol. The Morgan fingerprint density at radius 2 is 2.45 bits per heavy atom. The van der Waals surface area contributed by atoms with E-state index in [2.05, 4.69) is 5.32 Å². The molecule has 1 saturated heterocycles. The highest BCUT2D eigenvalue weighted by Gasteiger charge is 2.22. The molecule has 0 saturated carbocycles. The van der Waals surface area contributed by atoms with Gasteiger partial charge in [-0.25, -0.2) is 0 Å². The summed E-state index contributed by atoms with van der Waals surface area (Å²) in [7, 11) is 0. The molecule has 0 aliphatic carbocycles. The molecule has 0 aromatic rings. The van der Waals surface area contributed by atoms with Crippen molar-refractivity contribution in [2.75, 3.05) is 13.1 Å². The Hall–Kier alpha value is -0.410. The van der Waals surface area contributed by atoms with Gasteiger partial charge in [0.2, 0.25) is 0 Å². The van der Waals surface area contributed by atoms with E-state index >= 15 is 0 Å². The van der Waals surface area contributed by atoms with Crippen LogP contribution >= 0.6 is 0 Å². The van der Waals surface area contributed by atoms with Gasteiger partial charge >= 0.3 is 0 Å². The zero-order chi connectivity index (χ0) is 8.27. The van der Waals surface area contributed by atoms with Gasteiger partial charge in [-0.15, -0.1) is 0 Å². The molecular weight excluding hydrogens is 140 g/mol. The van der Waals surface area contributed by atoms with Crippen LogP contribution in [0.25, 0.3) is 0 Å². The minimum Gasteiger partial charge on any atom is -0.327 e. The van der Waals surface area contributed by atoms with Crippen molar-refractivity contribution in [3.8, 4) is 0 Å². The molecule has 0 aromatic heterocycles. The van der Waals surface area contributed by atoms with E-state index < -0.39 is 0 Å². The van der Waals surface area contributed by atoms with E-state index in [1.165, 1.54) is 0 Å². The normalized spacial score (nSPS) is 31.8. The molecule has 64 valence electrons. The molecule has 2 unspecified atom stereocenters. The summed E-state index contributed by atoms with van der Waals surface area (Å²) in [6.45, 7) is 3.53. The SMILES string of the molecule is CC(=O)CC1CNCCC1N. The fraction of sp³-hybridized carbons (Fsp3) is 0.875. The van der Waals surface area contributed by atoms with Crippen LogP contribution in [0, 0.1) is 5.92 Å². The Morgan fingerprint density at radius 3 is 3.00 bits per heavy atom. The summed E-state index contributed by atoms with van der Waals surface area (Å²) < 4.78 is 0. The highest BCUT2D eigenvalue weighted by atomic mass is 16.1. The largest absolute Gasteiger partial charge is 0.327 e. The van der Waals surface area contributed by atoms with E-state index in [0.717, 1.165) is 19.5 Å². The lowest BCUT2D eigenvalue weighted by atomic mass is 9.90. The van der Waals surface area contributed by atoms with Crippen molar-refractivity contribution in [2.45, 2.75) is 25.8 Å². The van der Waals surface area contributed by atoms with Gasteiger partial charge in [-0.05, 0) is 32.4 Å². The van der Waals surface area contributed by atoms with Crippen molar-refractivity contribution >= 4 is 5.78 Å². The van der Waals surface area contributed by atoms with Crippen LogP contribution in [0.3, 0.4) is 0 Å². The van der Waals surface area contributed by atoms with E-state index in [0.29, 0.717) is 12.3 Å². The molecule has 1 aliphatic rings. The van der Waals surface area contributed by atoms with Gasteiger partial charge in [0, 0.05) is 12.5 Å². The van der Waals surface area contributed by atoms with Crippen molar-refractivity contribution in [2.24, 2.45) is 11.7 Å². The van der Waals surface area contributed by atoms with Crippen LogP contribution in [-0.2, 0) is 4.79 Å². The van der Waals surface area contributed by atoms with Gasteiger partial charge in [0.1, 0.15) is 5.78 Å². The number of carbonyl (C=O) groups excluding carboxylic acids is 1. The number of nitrogens with one attached hydrogen (secondary N) is 1. The number of piperidine rings is 1. The quantitative estimate of drug-likeness (QED) is 0.587. The van der Waals surface area contributed by atoms with Crippen molar-refractivity contribution in [3.63, 3.8) is 0 Å². The summed E-state index contributed by atoms with van der Waals surface area (Å²) in [6.07, 6.45) is 1.63. The number of ketones is 1. The molecule has 1 fully saturated rings. The summed E-state index contributed by atoms with van der Waals surface area (Å²) in [5.41, 5.74) is 5.84. The van der Waals surface area contributed by atoms with Crippen molar-refractivity contribution in [3.05, 3.63) is 0 Å². The third-order valence-electron chi connectivity index (χ3n) is 2.22. The lowest BCUT2D eigenvalue weighted by Gasteiger charge is -2.28. The van der Waals surface area contributed by atoms with E-state index in [9.17, 15) is 4.79 Å². The van der Waals surface area contributed by atoms with Crippen LogP contribution in [0.5, 0.6) is 0 Å². The standard InChI is InChI=1S/C8H16N2O/c1-6(11)4-7-5-10-3-2-8(7)9/h7-8,10H,2-5,9H2,1H3. The van der Waals surface area contributed by atoms with Crippen LogP contribution in [-0.4, -0.2) is 24.9 Å². The highest BCUT2D eigenvalue weighted by molar-refractivity contribution is 5.75. The molecule has 0 spiro atoms. The van der Waals surface area contributed by atoms with Crippen LogP contribution < -0.4 is 11.1 Å². The molecule has 0 aromatic carbocycles. The Kier molecular flexibility index (Phi) is 3.02. The molecule has 2 atom stereocenters. The van der Waals surface area contributed by atoms with E-state index in [1.807, 2.05) is 0 Å². The predicted octanol–water partition coefficient (Wildman–Crippen LogP) is -0.0977. The fourth-order valence-electron chi connectivity index (χ4n) is 1.54. The molecule has 0 bridgehead atoms. The molecule has 3 nitrogen and oxygen atoms in total. The van der Waals surface area contributed by atoms with Gasteiger partial charge < -0.3 is 15.8 Å². The second kappa shape index (κ2) is 3.83. The Balaban J connectivity index is 2.35. The lowest BCUT2D eigenvalue weighted by molar-refractivity contribution is -0.118. The summed E-state index contributed by atoms with van der Waals surface area (Å²) in [4.78, 5) is 10.8. The number of Topliss-reactive ketones (excluding diaryl/α,β-unsaturated/α-hetero) is 1. The second-order valence-corrected chi connectivity index (χ2v) is 3.32. The third-order valence-corrected chi connectivity index (χ3v) is 2.22. The van der Waals surface area contributed by atoms with E-state index in [-0.39, 0.29) is 11.8 Å². The zero-order valence-electron chi connectivity index (χ0n) is 6.97. The minimum absolute atomic E-state index is 0.222. The van der Waals surface area contributed by atoms with Crippen LogP contribution in [0.4, 0.5) is 0 Å². The summed E-state index contributed by atoms with van der Waals surface area (Å²) in [6, 6.07) is 0.222. The van der Waals surface area contributed by atoms with Gasteiger partial charge in [0.25, 0.3) is 0 Å². The van der Waals surface area contributed by atoms with Crippen LogP contribution in [0.1, 0.15) is 19.8 Å². The number of hydrogen-bond donors (Lipinski definition) is 2. The molecule has 1 heterocycles. The van der Waals surface area contributed by atoms with Crippen LogP contribution in [0.2, 0.25) is 0 Å². The number of hydrogen-bond acceptors (Lipinski definition) is 3. The van der Waals surface area contributed by atoms with E-state index in [4.69, 9.17) is 5.73 Å². The Morgan fingerprint density at radius 1 is 1.73 bits per heavy atom. The first-order valence-corrected chi connectivity index (χ1v) is 4.16. The Labute approximate surface area is 67.3 Å². The van der Waals surface area contributed by atoms with Crippen LogP contribution in [0.15, 0.2) is 0 Å². The topological polar surface area (TPSA) is 55.1 Å². The van der Waals surface area contributed by atoms with Crippen molar-refractivity contribution in [1.82, 2.24) is 5.32 Å². The molecule has 0 amide bonds. The average Bonchev–Trinajstić information content (AvgIpc) is 1.93. The first-order chi connectivity index (χ1) is 5.20. The first kappa shape index (κ1) is 8.68. The van der Waals surface area contributed by atoms with Crippen molar-refractivity contribution in [1.29, 1.82) is 0 Å². The molecule has 0 radical (unpaired) electrons. The minimum atomic E-state index is 0.222. The van der Waals surface area contributed by atoms with Gasteiger partial charge in [-0.1, -0.05) is 0 Å². The van der Waals surface area contributed by atoms with Gasteiger partial charge in [0.15, 0.2) is 0 Å². The Bertz CT molecular complexity index is 147. The third kappa shape index (κ3) is 2.60. The highest BCUT2D eigenvalue weighted by Crippen LogP contribution is 2.12. The van der Waals surface area contributed by atoms with Crippen molar-refractivity contribution < 1.29 is 4.79 Å². The van der Waals surface area contributed by atoms with E-state index in [1.54, 1.807) is 6.92 Å². The smallest absolute Gasteiger partial charge is 0.130 e. The fourth-order valence-corrected chi connectivity index (χ4v) is 1.54. The molecule has 1 rings (SSSR count). The maximum absolute atomic E-state index is 10.8. The summed E-state index contributed by atoms with van der Waals surface area (Å²) in [5, 5.41) is 3.24. The number of carbonyl (C=O) groups is 1. The summed E-state index contributed by atoms with van der Waals surface area (Å²) >= 11 is 0. The molecule has 11 heavy (non-hydrogen) atoms. The second-order valence-electron chi connectivity index (χ2n) is 3.32. The molecular formula is C8H16N2O. The number of rotatable bonds is 2. The maximum Gasteiger partial charge on any atom is 0.130 e. The average molecular weight is 156 g/mol. The molecule has 3 heteroatoms. The van der Waals surface area contributed by atoms with Gasteiger partial charge in [0.05, 0.1) is 0 Å². The monoisotopic (exact) mass is 156 g/mol. The molecule has 3 N–H and O–H groups in total. The van der Waals surface area contributed by atoms with Gasteiger partial charge in [-0.3, -0.25) is 0 Å². The first-order valence-electron chi connectivity index (χ1n) is 4.16.